The number of imidazole rings is 1. The highest BCUT2D eigenvalue weighted by molar-refractivity contribution is 5.45. The maximum atomic E-state index is 12.8. The van der Waals surface area contributed by atoms with Gasteiger partial charge in [0.05, 0.1) is 6.33 Å². The number of hydrogen-bond donors (Lipinski definition) is 0. The van der Waals surface area contributed by atoms with Crippen LogP contribution in [0.4, 0.5) is 8.78 Å². The second-order valence-electron chi connectivity index (χ2n) is 4.00. The summed E-state index contributed by atoms with van der Waals surface area (Å²) in [6, 6.07) is 4.83. The molecule has 1 aromatic heterocycles. The lowest BCUT2D eigenvalue weighted by Crippen LogP contribution is -2.25. The van der Waals surface area contributed by atoms with Crippen molar-refractivity contribution in [3.63, 3.8) is 0 Å². The van der Waals surface area contributed by atoms with Gasteiger partial charge in [0, 0.05) is 18.9 Å². The summed E-state index contributed by atoms with van der Waals surface area (Å²) in [6.45, 7) is 0.732. The molecule has 4 nitrogen and oxygen atoms in total. The molecule has 0 N–H and O–H groups in total. The highest BCUT2D eigenvalue weighted by atomic mass is 19.3. The average molecular weight is 252 g/mol. The van der Waals surface area contributed by atoms with Crippen LogP contribution >= 0.6 is 0 Å². The number of benzene rings is 1. The molecule has 6 heteroatoms. The first-order chi connectivity index (χ1) is 8.62. The SMILES string of the molecule is FC1(F)Oc2ccc(CCn3ccnc3)cc2O1. The molecule has 94 valence electrons. The monoisotopic (exact) mass is 252 g/mol. The number of hydrogen-bond acceptors (Lipinski definition) is 3. The zero-order valence-corrected chi connectivity index (χ0v) is 9.35. The van der Waals surface area contributed by atoms with Gasteiger partial charge < -0.3 is 14.0 Å². The number of aromatic nitrogens is 2. The van der Waals surface area contributed by atoms with E-state index in [1.807, 2.05) is 10.8 Å². The zero-order chi connectivity index (χ0) is 12.6. The first kappa shape index (κ1) is 11.0. The van der Waals surface area contributed by atoms with E-state index in [0.717, 1.165) is 12.1 Å². The van der Waals surface area contributed by atoms with Crippen LogP contribution in [-0.4, -0.2) is 15.8 Å². The summed E-state index contributed by atoms with van der Waals surface area (Å²) >= 11 is 0. The lowest BCUT2D eigenvalue weighted by molar-refractivity contribution is -0.286. The Balaban J connectivity index is 1.72. The van der Waals surface area contributed by atoms with Crippen LogP contribution in [0.3, 0.4) is 0 Å². The van der Waals surface area contributed by atoms with Gasteiger partial charge in [0.1, 0.15) is 0 Å². The minimum Gasteiger partial charge on any atom is -0.395 e. The minimum absolute atomic E-state index is 0.0754. The summed E-state index contributed by atoms with van der Waals surface area (Å²) in [4.78, 5) is 3.93. The van der Waals surface area contributed by atoms with Crippen LogP contribution in [0.25, 0.3) is 0 Å². The van der Waals surface area contributed by atoms with Crippen molar-refractivity contribution >= 4 is 0 Å². The van der Waals surface area contributed by atoms with Gasteiger partial charge in [0.25, 0.3) is 0 Å². The molecule has 0 unspecified atom stereocenters. The fourth-order valence-corrected chi connectivity index (χ4v) is 1.83. The van der Waals surface area contributed by atoms with Crippen LogP contribution in [0.1, 0.15) is 5.56 Å². The van der Waals surface area contributed by atoms with Crippen LogP contribution in [0.15, 0.2) is 36.9 Å². The summed E-state index contributed by atoms with van der Waals surface area (Å²) < 4.78 is 36.3. The van der Waals surface area contributed by atoms with Gasteiger partial charge in [-0.1, -0.05) is 6.07 Å². The predicted molar refractivity (Wildman–Crippen MR) is 58.6 cm³/mol. The largest absolute Gasteiger partial charge is 0.586 e. The standard InChI is InChI=1S/C12H10F2N2O2/c13-12(14)17-10-2-1-9(7-11(10)18-12)3-5-16-6-4-15-8-16/h1-2,4,6-8H,3,5H2. The fraction of sp³-hybridized carbons (Fsp3) is 0.250. The number of rotatable bonds is 3. The molecule has 0 saturated carbocycles. The maximum absolute atomic E-state index is 12.8. The molecule has 1 aromatic carbocycles. The smallest absolute Gasteiger partial charge is 0.395 e. The summed E-state index contributed by atoms with van der Waals surface area (Å²) in [5.41, 5.74) is 0.906. The van der Waals surface area contributed by atoms with Gasteiger partial charge in [-0.05, 0) is 24.1 Å². The molecule has 1 aliphatic rings. The molecule has 2 heterocycles. The van der Waals surface area contributed by atoms with Crippen molar-refractivity contribution in [2.75, 3.05) is 0 Å². The van der Waals surface area contributed by atoms with Gasteiger partial charge in [0.2, 0.25) is 0 Å². The molecule has 0 amide bonds. The molecule has 3 rings (SSSR count). The van der Waals surface area contributed by atoms with Gasteiger partial charge in [-0.25, -0.2) is 4.98 Å². The highest BCUT2D eigenvalue weighted by Gasteiger charge is 2.43. The molecule has 0 bridgehead atoms. The fourth-order valence-electron chi connectivity index (χ4n) is 1.83. The number of fused-ring (bicyclic) bond motifs is 1. The van der Waals surface area contributed by atoms with Crippen LogP contribution in [0.5, 0.6) is 11.5 Å². The summed E-state index contributed by atoms with van der Waals surface area (Å²) in [5, 5.41) is 0. The number of aryl methyl sites for hydroxylation is 2. The molecule has 0 saturated heterocycles. The maximum Gasteiger partial charge on any atom is 0.586 e. The Morgan fingerprint density at radius 3 is 2.83 bits per heavy atom. The van der Waals surface area contributed by atoms with Crippen LogP contribution in [0, 0.1) is 0 Å². The Morgan fingerprint density at radius 2 is 2.06 bits per heavy atom. The van der Waals surface area contributed by atoms with Gasteiger partial charge in [0.15, 0.2) is 11.5 Å². The highest BCUT2D eigenvalue weighted by Crippen LogP contribution is 2.41. The Bertz CT molecular complexity index is 555. The van der Waals surface area contributed by atoms with E-state index < -0.39 is 6.29 Å². The van der Waals surface area contributed by atoms with E-state index in [0.29, 0.717) is 6.42 Å². The Hall–Kier alpha value is -2.11. The third-order valence-corrected chi connectivity index (χ3v) is 2.68. The van der Waals surface area contributed by atoms with Crippen molar-refractivity contribution in [1.29, 1.82) is 0 Å². The first-order valence-corrected chi connectivity index (χ1v) is 5.47. The molecular weight excluding hydrogens is 242 g/mol. The van der Waals surface area contributed by atoms with Gasteiger partial charge in [-0.3, -0.25) is 0 Å². The van der Waals surface area contributed by atoms with E-state index in [4.69, 9.17) is 0 Å². The van der Waals surface area contributed by atoms with Gasteiger partial charge >= 0.3 is 6.29 Å². The van der Waals surface area contributed by atoms with Crippen molar-refractivity contribution in [2.45, 2.75) is 19.3 Å². The zero-order valence-electron chi connectivity index (χ0n) is 9.35. The van der Waals surface area contributed by atoms with Crippen LogP contribution < -0.4 is 9.47 Å². The molecule has 1 aliphatic heterocycles. The summed E-state index contributed by atoms with van der Waals surface area (Å²) in [5.74, 6) is 0.162. The molecular formula is C12H10F2N2O2. The van der Waals surface area contributed by atoms with E-state index in [2.05, 4.69) is 14.5 Å². The summed E-state index contributed by atoms with van der Waals surface area (Å²) in [6.07, 6.45) is 2.41. The van der Waals surface area contributed by atoms with E-state index in [1.54, 1.807) is 24.7 Å². The van der Waals surface area contributed by atoms with Crippen LogP contribution in [0.2, 0.25) is 0 Å². The normalized spacial score (nSPS) is 15.9. The van der Waals surface area contributed by atoms with E-state index in [9.17, 15) is 8.78 Å². The number of alkyl halides is 2. The molecule has 0 spiro atoms. The molecule has 0 atom stereocenters. The van der Waals surface area contributed by atoms with Crippen molar-refractivity contribution in [3.8, 4) is 11.5 Å². The van der Waals surface area contributed by atoms with Crippen molar-refractivity contribution in [3.05, 3.63) is 42.5 Å². The minimum atomic E-state index is -3.55. The van der Waals surface area contributed by atoms with Crippen molar-refractivity contribution < 1.29 is 18.3 Å². The van der Waals surface area contributed by atoms with Gasteiger partial charge in [-0.2, -0.15) is 0 Å². The molecule has 0 radical (unpaired) electrons. The van der Waals surface area contributed by atoms with E-state index >= 15 is 0 Å². The average Bonchev–Trinajstić information content (AvgIpc) is 2.90. The molecule has 0 fully saturated rings. The quantitative estimate of drug-likeness (QED) is 0.841. The second-order valence-corrected chi connectivity index (χ2v) is 4.00. The van der Waals surface area contributed by atoms with E-state index in [-0.39, 0.29) is 11.5 Å². The molecule has 18 heavy (non-hydrogen) atoms. The number of nitrogens with zero attached hydrogens (tertiary/aromatic N) is 2. The Morgan fingerprint density at radius 1 is 1.22 bits per heavy atom. The van der Waals surface area contributed by atoms with Crippen molar-refractivity contribution in [2.24, 2.45) is 0 Å². The predicted octanol–water partition coefficient (Wildman–Crippen LogP) is 2.45. The first-order valence-electron chi connectivity index (χ1n) is 5.47. The third-order valence-electron chi connectivity index (χ3n) is 2.68. The van der Waals surface area contributed by atoms with E-state index in [1.165, 1.54) is 6.07 Å². The lowest BCUT2D eigenvalue weighted by Gasteiger charge is -2.04. The summed E-state index contributed by atoms with van der Waals surface area (Å²) in [7, 11) is 0. The number of halogens is 2. The molecule has 2 aromatic rings. The lowest BCUT2D eigenvalue weighted by atomic mass is 10.1. The van der Waals surface area contributed by atoms with Crippen LogP contribution in [-0.2, 0) is 13.0 Å². The topological polar surface area (TPSA) is 36.3 Å². The number of ether oxygens (including phenoxy) is 2. The van der Waals surface area contributed by atoms with Gasteiger partial charge in [-0.15, -0.1) is 8.78 Å². The van der Waals surface area contributed by atoms with Crippen molar-refractivity contribution in [1.82, 2.24) is 9.55 Å². The Kier molecular flexibility index (Phi) is 2.43. The molecule has 0 aliphatic carbocycles. The third kappa shape index (κ3) is 2.13. The second kappa shape index (κ2) is 3.97. The Labute approximate surface area is 102 Å².